The minimum Gasteiger partial charge on any atom is -0.489 e. The van der Waals surface area contributed by atoms with Crippen LogP contribution in [-0.4, -0.2) is 31.9 Å². The zero-order valence-electron chi connectivity index (χ0n) is 11.8. The number of pyridine rings is 1. The van der Waals surface area contributed by atoms with Crippen molar-refractivity contribution in [1.82, 2.24) is 10.3 Å². The van der Waals surface area contributed by atoms with Gasteiger partial charge in [0.25, 0.3) is 0 Å². The fourth-order valence-corrected chi connectivity index (χ4v) is 1.87. The zero-order valence-corrected chi connectivity index (χ0v) is 11.8. The third-order valence-corrected chi connectivity index (χ3v) is 2.70. The van der Waals surface area contributed by atoms with E-state index in [0.717, 1.165) is 30.8 Å². The first-order valence-electron chi connectivity index (χ1n) is 6.45. The second-order valence-corrected chi connectivity index (χ2v) is 4.60. The molecule has 0 aliphatic carbocycles. The smallest absolute Gasteiger partial charge is 0.138 e. The van der Waals surface area contributed by atoms with Gasteiger partial charge in [0.05, 0.1) is 12.3 Å². The van der Waals surface area contributed by atoms with Gasteiger partial charge in [0.1, 0.15) is 5.75 Å². The van der Waals surface area contributed by atoms with Crippen LogP contribution >= 0.6 is 0 Å². The minimum atomic E-state index is 0.170. The van der Waals surface area contributed by atoms with Crippen molar-refractivity contribution in [1.29, 1.82) is 0 Å². The Morgan fingerprint density at radius 2 is 2.11 bits per heavy atom. The van der Waals surface area contributed by atoms with Crippen molar-refractivity contribution in [3.05, 3.63) is 24.0 Å². The van der Waals surface area contributed by atoms with Crippen molar-refractivity contribution in [3.63, 3.8) is 0 Å². The van der Waals surface area contributed by atoms with Crippen LogP contribution in [-0.2, 0) is 4.74 Å². The van der Waals surface area contributed by atoms with E-state index in [2.05, 4.69) is 16.4 Å². The van der Waals surface area contributed by atoms with Crippen molar-refractivity contribution < 1.29 is 9.47 Å². The molecule has 1 unspecified atom stereocenters. The van der Waals surface area contributed by atoms with E-state index in [1.165, 1.54) is 0 Å². The highest BCUT2D eigenvalue weighted by Crippen LogP contribution is 2.21. The summed E-state index contributed by atoms with van der Waals surface area (Å²) < 4.78 is 10.7. The molecule has 4 heteroatoms. The lowest BCUT2D eigenvalue weighted by molar-refractivity contribution is 0.189. The highest BCUT2D eigenvalue weighted by atomic mass is 16.5. The van der Waals surface area contributed by atoms with Gasteiger partial charge in [-0.1, -0.05) is 0 Å². The Morgan fingerprint density at radius 3 is 2.72 bits per heavy atom. The second kappa shape index (κ2) is 8.06. The summed E-state index contributed by atoms with van der Waals surface area (Å²) in [4.78, 5) is 4.24. The van der Waals surface area contributed by atoms with Crippen LogP contribution in [0.4, 0.5) is 0 Å². The maximum absolute atomic E-state index is 5.66. The highest BCUT2D eigenvalue weighted by molar-refractivity contribution is 5.26. The molecule has 1 rings (SSSR count). The van der Waals surface area contributed by atoms with Gasteiger partial charge in [-0.05, 0) is 45.4 Å². The van der Waals surface area contributed by atoms with Gasteiger partial charge in [0.2, 0.25) is 0 Å². The van der Waals surface area contributed by atoms with E-state index in [0.29, 0.717) is 6.04 Å². The molecule has 0 radical (unpaired) electrons. The number of hydrogen-bond donors (Lipinski definition) is 1. The number of rotatable bonds is 8. The minimum absolute atomic E-state index is 0.170. The van der Waals surface area contributed by atoms with E-state index in [-0.39, 0.29) is 6.10 Å². The van der Waals surface area contributed by atoms with Crippen LogP contribution in [0, 0.1) is 0 Å². The molecule has 0 bridgehead atoms. The summed E-state index contributed by atoms with van der Waals surface area (Å²) in [5.41, 5.74) is 1.16. The number of ether oxygens (including phenoxy) is 2. The molecule has 0 spiro atoms. The number of methoxy groups -OCH3 is 1. The molecule has 0 amide bonds. The first-order chi connectivity index (χ1) is 8.67. The fourth-order valence-electron chi connectivity index (χ4n) is 1.87. The third kappa shape index (κ3) is 5.02. The van der Waals surface area contributed by atoms with Crippen molar-refractivity contribution in [2.45, 2.75) is 38.8 Å². The Bertz CT molecular complexity index is 342. The molecule has 102 valence electrons. The molecule has 0 saturated heterocycles. The van der Waals surface area contributed by atoms with Crippen LogP contribution in [0.5, 0.6) is 5.75 Å². The molecule has 0 aliphatic rings. The molecule has 1 heterocycles. The molecule has 4 nitrogen and oxygen atoms in total. The fraction of sp³-hybridized carbons (Fsp3) is 0.643. The van der Waals surface area contributed by atoms with Gasteiger partial charge in [-0.25, -0.2) is 0 Å². The van der Waals surface area contributed by atoms with Crippen molar-refractivity contribution in [3.8, 4) is 5.75 Å². The Balaban J connectivity index is 2.66. The first-order valence-corrected chi connectivity index (χ1v) is 6.45. The maximum Gasteiger partial charge on any atom is 0.138 e. The van der Waals surface area contributed by atoms with E-state index in [1.807, 2.05) is 27.1 Å². The largest absolute Gasteiger partial charge is 0.489 e. The van der Waals surface area contributed by atoms with Gasteiger partial charge >= 0.3 is 0 Å². The van der Waals surface area contributed by atoms with Crippen LogP contribution in [0.25, 0.3) is 0 Å². The zero-order chi connectivity index (χ0) is 13.4. The number of hydrogen-bond acceptors (Lipinski definition) is 4. The van der Waals surface area contributed by atoms with E-state index in [4.69, 9.17) is 9.47 Å². The number of nitrogens with one attached hydrogen (secondary N) is 1. The van der Waals surface area contributed by atoms with Crippen molar-refractivity contribution in [2.24, 2.45) is 0 Å². The van der Waals surface area contributed by atoms with Crippen LogP contribution in [0.3, 0.4) is 0 Å². The quantitative estimate of drug-likeness (QED) is 0.722. The Hall–Kier alpha value is -1.13. The van der Waals surface area contributed by atoms with E-state index < -0.39 is 0 Å². The highest BCUT2D eigenvalue weighted by Gasteiger charge is 2.10. The van der Waals surface area contributed by atoms with Crippen LogP contribution in [0.15, 0.2) is 18.5 Å². The summed E-state index contributed by atoms with van der Waals surface area (Å²) in [6.45, 7) is 4.81. The standard InChI is InChI=1S/C14H24N2O2/c1-11(2)18-13-8-12(9-16-10-13)14(15-3)6-5-7-17-4/h8-11,14-15H,5-7H2,1-4H3. The predicted octanol–water partition coefficient (Wildman–Crippen LogP) is 2.56. The van der Waals surface area contributed by atoms with Crippen LogP contribution < -0.4 is 10.1 Å². The summed E-state index contributed by atoms with van der Waals surface area (Å²) >= 11 is 0. The van der Waals surface area contributed by atoms with Crippen molar-refractivity contribution in [2.75, 3.05) is 20.8 Å². The molecule has 0 aromatic carbocycles. The maximum atomic E-state index is 5.66. The van der Waals surface area contributed by atoms with Gasteiger partial charge < -0.3 is 14.8 Å². The van der Waals surface area contributed by atoms with E-state index in [1.54, 1.807) is 13.3 Å². The summed E-state index contributed by atoms with van der Waals surface area (Å²) in [6, 6.07) is 2.35. The predicted molar refractivity (Wildman–Crippen MR) is 72.9 cm³/mol. The summed E-state index contributed by atoms with van der Waals surface area (Å²) in [7, 11) is 3.69. The lowest BCUT2D eigenvalue weighted by Crippen LogP contribution is -2.17. The monoisotopic (exact) mass is 252 g/mol. The molecule has 0 saturated carbocycles. The van der Waals surface area contributed by atoms with Gasteiger partial charge in [-0.2, -0.15) is 0 Å². The van der Waals surface area contributed by atoms with Gasteiger partial charge in [0, 0.05) is 26.0 Å². The number of aromatic nitrogens is 1. The Morgan fingerprint density at radius 1 is 1.33 bits per heavy atom. The summed E-state index contributed by atoms with van der Waals surface area (Å²) in [5.74, 6) is 0.828. The normalized spacial score (nSPS) is 12.7. The molecular formula is C14H24N2O2. The Kier molecular flexibility index (Phi) is 6.68. The van der Waals surface area contributed by atoms with Crippen LogP contribution in [0.2, 0.25) is 0 Å². The average molecular weight is 252 g/mol. The van der Waals surface area contributed by atoms with E-state index in [9.17, 15) is 0 Å². The summed E-state index contributed by atoms with van der Waals surface area (Å²) in [5, 5.41) is 3.31. The lowest BCUT2D eigenvalue weighted by Gasteiger charge is -2.17. The topological polar surface area (TPSA) is 43.4 Å². The SMILES string of the molecule is CNC(CCCOC)c1cncc(OC(C)C)c1. The Labute approximate surface area is 110 Å². The first kappa shape index (κ1) is 14.9. The van der Waals surface area contributed by atoms with E-state index >= 15 is 0 Å². The lowest BCUT2D eigenvalue weighted by atomic mass is 10.0. The second-order valence-electron chi connectivity index (χ2n) is 4.60. The number of nitrogens with zero attached hydrogens (tertiary/aromatic N) is 1. The summed E-state index contributed by atoms with van der Waals surface area (Å²) in [6.07, 6.45) is 5.87. The van der Waals surface area contributed by atoms with Crippen LogP contribution in [0.1, 0.15) is 38.3 Å². The third-order valence-electron chi connectivity index (χ3n) is 2.70. The molecule has 18 heavy (non-hydrogen) atoms. The molecule has 1 atom stereocenters. The molecule has 0 aliphatic heterocycles. The molecule has 0 fully saturated rings. The average Bonchev–Trinajstić information content (AvgIpc) is 2.34. The molecule has 1 N–H and O–H groups in total. The molecule has 1 aromatic heterocycles. The van der Waals surface area contributed by atoms with Crippen molar-refractivity contribution >= 4 is 0 Å². The van der Waals surface area contributed by atoms with Gasteiger partial charge in [-0.15, -0.1) is 0 Å². The van der Waals surface area contributed by atoms with Gasteiger partial charge in [0.15, 0.2) is 0 Å². The molecule has 1 aromatic rings. The van der Waals surface area contributed by atoms with Gasteiger partial charge in [-0.3, -0.25) is 4.98 Å². The molecular weight excluding hydrogens is 228 g/mol.